The number of imide groups is 1. The van der Waals surface area contributed by atoms with Crippen molar-refractivity contribution in [2.24, 2.45) is 0 Å². The Hall–Kier alpha value is -2.78. The van der Waals surface area contributed by atoms with Gasteiger partial charge >= 0.3 is 10.1 Å². The minimum absolute atomic E-state index is 0.0229. The summed E-state index contributed by atoms with van der Waals surface area (Å²) in [4.78, 5) is 26.6. The van der Waals surface area contributed by atoms with Crippen LogP contribution in [0.25, 0.3) is 6.08 Å². The Bertz CT molecular complexity index is 1350. The molecule has 0 aromatic heterocycles. The summed E-state index contributed by atoms with van der Waals surface area (Å²) in [6.07, 6.45) is 1.50. The molecule has 1 fully saturated rings. The van der Waals surface area contributed by atoms with Crippen LogP contribution in [-0.2, 0) is 21.5 Å². The predicted octanol–water partition coefficient (Wildman–Crippen LogP) is 6.00. The molecular formula is C23H15Cl2NO5S2. The van der Waals surface area contributed by atoms with Gasteiger partial charge in [0.2, 0.25) is 0 Å². The molecular weight excluding hydrogens is 505 g/mol. The molecule has 1 saturated heterocycles. The zero-order valence-corrected chi connectivity index (χ0v) is 19.9. The summed E-state index contributed by atoms with van der Waals surface area (Å²) >= 11 is 13.1. The first-order valence-corrected chi connectivity index (χ1v) is 12.5. The van der Waals surface area contributed by atoms with E-state index in [4.69, 9.17) is 27.4 Å². The number of carbonyl (C=O) groups is 2. The Kier molecular flexibility index (Phi) is 6.81. The molecule has 0 radical (unpaired) electrons. The zero-order valence-electron chi connectivity index (χ0n) is 16.8. The van der Waals surface area contributed by atoms with Crippen molar-refractivity contribution in [3.63, 3.8) is 0 Å². The van der Waals surface area contributed by atoms with Gasteiger partial charge in [0.05, 0.1) is 11.4 Å². The highest BCUT2D eigenvalue weighted by Gasteiger charge is 2.35. The van der Waals surface area contributed by atoms with Crippen LogP contribution < -0.4 is 4.18 Å². The standard InChI is InChI=1S/C23H15Cl2NO5S2/c24-19-10-5-11-20(25)18(19)14-26-22(27)21(32-23(26)28)13-15-6-4-7-16(12-15)31-33(29,30)17-8-2-1-3-9-17/h1-13H,14H2/b21-13-. The van der Waals surface area contributed by atoms with Crippen LogP contribution >= 0.6 is 35.0 Å². The van der Waals surface area contributed by atoms with E-state index in [-0.39, 0.29) is 22.1 Å². The molecule has 3 aromatic rings. The molecule has 0 bridgehead atoms. The molecule has 0 saturated carbocycles. The summed E-state index contributed by atoms with van der Waals surface area (Å²) in [7, 11) is -4.01. The van der Waals surface area contributed by atoms with Crippen molar-refractivity contribution >= 4 is 62.3 Å². The van der Waals surface area contributed by atoms with E-state index < -0.39 is 21.3 Å². The third-order valence-corrected chi connectivity index (χ3v) is 7.52. The molecule has 6 nitrogen and oxygen atoms in total. The van der Waals surface area contributed by atoms with Crippen LogP contribution in [0, 0.1) is 0 Å². The Labute approximate surface area is 204 Å². The first-order valence-electron chi connectivity index (χ1n) is 9.52. The first-order chi connectivity index (χ1) is 15.7. The average molecular weight is 520 g/mol. The molecule has 168 valence electrons. The largest absolute Gasteiger partial charge is 0.379 e. The topological polar surface area (TPSA) is 80.8 Å². The lowest BCUT2D eigenvalue weighted by atomic mass is 10.2. The van der Waals surface area contributed by atoms with Crippen molar-refractivity contribution in [2.75, 3.05) is 0 Å². The van der Waals surface area contributed by atoms with E-state index in [0.29, 0.717) is 21.2 Å². The third-order valence-electron chi connectivity index (χ3n) is 4.65. The van der Waals surface area contributed by atoms with E-state index in [2.05, 4.69) is 0 Å². The number of hydrogen-bond acceptors (Lipinski definition) is 6. The van der Waals surface area contributed by atoms with E-state index >= 15 is 0 Å². The molecule has 10 heteroatoms. The maximum Gasteiger partial charge on any atom is 0.339 e. The van der Waals surface area contributed by atoms with E-state index in [0.717, 1.165) is 16.7 Å². The fourth-order valence-corrected chi connectivity index (χ4v) is 5.35. The van der Waals surface area contributed by atoms with Crippen LogP contribution in [0.2, 0.25) is 10.0 Å². The number of amides is 2. The molecule has 1 aliphatic rings. The maximum absolute atomic E-state index is 12.8. The lowest BCUT2D eigenvalue weighted by molar-refractivity contribution is -0.123. The Morgan fingerprint density at radius 3 is 2.27 bits per heavy atom. The van der Waals surface area contributed by atoms with Crippen molar-refractivity contribution < 1.29 is 22.2 Å². The lowest BCUT2D eigenvalue weighted by Crippen LogP contribution is -2.27. The van der Waals surface area contributed by atoms with Gasteiger partial charge in [-0.1, -0.05) is 59.6 Å². The average Bonchev–Trinajstić information content (AvgIpc) is 3.04. The highest BCUT2D eigenvalue weighted by atomic mass is 35.5. The summed E-state index contributed by atoms with van der Waals surface area (Å²) in [5.41, 5.74) is 0.975. The summed E-state index contributed by atoms with van der Waals surface area (Å²) in [6, 6.07) is 18.9. The molecule has 1 aliphatic heterocycles. The number of carbonyl (C=O) groups excluding carboxylic acids is 2. The summed E-state index contributed by atoms with van der Waals surface area (Å²) in [6.45, 7) is -0.0566. The van der Waals surface area contributed by atoms with Gasteiger partial charge in [0, 0.05) is 15.6 Å². The fourth-order valence-electron chi connectivity index (χ4n) is 3.05. The SMILES string of the molecule is O=C1S/C(=C\c2cccc(OS(=O)(=O)c3ccccc3)c2)C(=O)N1Cc1c(Cl)cccc1Cl. The normalized spacial score (nSPS) is 15.3. The van der Waals surface area contributed by atoms with Crippen LogP contribution in [0.5, 0.6) is 5.75 Å². The molecule has 3 aromatic carbocycles. The van der Waals surface area contributed by atoms with Gasteiger partial charge in [0.1, 0.15) is 10.6 Å². The second-order valence-corrected chi connectivity index (χ2v) is 10.2. The molecule has 0 aliphatic carbocycles. The molecule has 1 heterocycles. The number of hydrogen-bond donors (Lipinski definition) is 0. The summed E-state index contributed by atoms with van der Waals surface area (Å²) < 4.78 is 30.1. The summed E-state index contributed by atoms with van der Waals surface area (Å²) in [5, 5.41) is 0.256. The minimum atomic E-state index is -4.01. The van der Waals surface area contributed by atoms with Gasteiger partial charge < -0.3 is 4.18 Å². The van der Waals surface area contributed by atoms with Crippen molar-refractivity contribution in [2.45, 2.75) is 11.4 Å². The van der Waals surface area contributed by atoms with Crippen molar-refractivity contribution in [1.82, 2.24) is 4.90 Å². The van der Waals surface area contributed by atoms with Crippen LogP contribution in [0.4, 0.5) is 4.79 Å². The van der Waals surface area contributed by atoms with Crippen molar-refractivity contribution in [3.05, 3.63) is 98.9 Å². The predicted molar refractivity (Wildman–Crippen MR) is 129 cm³/mol. The molecule has 0 unspecified atom stereocenters. The number of thioether (sulfide) groups is 1. The fraction of sp³-hybridized carbons (Fsp3) is 0.0435. The Morgan fingerprint density at radius 1 is 0.909 bits per heavy atom. The lowest BCUT2D eigenvalue weighted by Gasteiger charge is -2.14. The van der Waals surface area contributed by atoms with Gasteiger partial charge in [-0.2, -0.15) is 8.42 Å². The van der Waals surface area contributed by atoms with Crippen LogP contribution in [0.1, 0.15) is 11.1 Å². The minimum Gasteiger partial charge on any atom is -0.379 e. The molecule has 0 N–H and O–H groups in total. The number of nitrogens with zero attached hydrogens (tertiary/aromatic N) is 1. The van der Waals surface area contributed by atoms with Crippen molar-refractivity contribution in [1.29, 1.82) is 0 Å². The third kappa shape index (κ3) is 5.25. The molecule has 0 atom stereocenters. The zero-order chi connectivity index (χ0) is 23.6. The van der Waals surface area contributed by atoms with Gasteiger partial charge in [0.15, 0.2) is 0 Å². The van der Waals surface area contributed by atoms with Gasteiger partial charge in [-0.3, -0.25) is 14.5 Å². The van der Waals surface area contributed by atoms with E-state index in [1.165, 1.54) is 30.3 Å². The second kappa shape index (κ2) is 9.61. The molecule has 2 amide bonds. The number of benzene rings is 3. The monoisotopic (exact) mass is 519 g/mol. The van der Waals surface area contributed by atoms with Gasteiger partial charge in [-0.05, 0) is 59.8 Å². The second-order valence-electron chi connectivity index (χ2n) is 6.89. The first kappa shape index (κ1) is 23.4. The molecule has 33 heavy (non-hydrogen) atoms. The molecule has 4 rings (SSSR count). The number of halogens is 2. The van der Waals surface area contributed by atoms with Gasteiger partial charge in [-0.15, -0.1) is 0 Å². The van der Waals surface area contributed by atoms with Gasteiger partial charge in [0.25, 0.3) is 11.1 Å². The maximum atomic E-state index is 12.8. The van der Waals surface area contributed by atoms with Crippen LogP contribution in [0.15, 0.2) is 82.6 Å². The highest BCUT2D eigenvalue weighted by Crippen LogP contribution is 2.36. The Morgan fingerprint density at radius 2 is 1.58 bits per heavy atom. The van der Waals surface area contributed by atoms with E-state index in [9.17, 15) is 18.0 Å². The van der Waals surface area contributed by atoms with Crippen LogP contribution in [-0.4, -0.2) is 24.5 Å². The van der Waals surface area contributed by atoms with Gasteiger partial charge in [-0.25, -0.2) is 0 Å². The summed E-state index contributed by atoms with van der Waals surface area (Å²) in [5.74, 6) is -0.418. The smallest absolute Gasteiger partial charge is 0.339 e. The highest BCUT2D eigenvalue weighted by molar-refractivity contribution is 8.18. The van der Waals surface area contributed by atoms with E-state index in [1.807, 2.05) is 0 Å². The quantitative estimate of drug-likeness (QED) is 0.293. The van der Waals surface area contributed by atoms with Crippen molar-refractivity contribution in [3.8, 4) is 5.75 Å². The number of rotatable bonds is 6. The Balaban J connectivity index is 1.55. The molecule has 0 spiro atoms. The van der Waals surface area contributed by atoms with Crippen LogP contribution in [0.3, 0.4) is 0 Å². The van der Waals surface area contributed by atoms with E-state index in [1.54, 1.807) is 48.5 Å².